The minimum atomic E-state index is -1.59. The third-order valence-electron chi connectivity index (χ3n) is 3.41. The molecule has 1 aliphatic heterocycles. The summed E-state index contributed by atoms with van der Waals surface area (Å²) >= 11 is 0. The molecule has 1 saturated heterocycles. The zero-order chi connectivity index (χ0) is 16.3. The maximum Gasteiger partial charge on any atom is 0.188 e. The fraction of sp³-hybridized carbons (Fsp3) is 0.500. The molecule has 0 bridgehead atoms. The first-order chi connectivity index (χ1) is 10.5. The molecule has 22 heavy (non-hydrogen) atoms. The van der Waals surface area contributed by atoms with Gasteiger partial charge in [0, 0.05) is 0 Å². The Morgan fingerprint density at radius 3 is 2.55 bits per heavy atom. The van der Waals surface area contributed by atoms with E-state index in [1.165, 1.54) is 24.3 Å². The van der Waals surface area contributed by atoms with Crippen molar-refractivity contribution in [1.29, 1.82) is 5.26 Å². The lowest BCUT2D eigenvalue weighted by atomic mass is 9.99. The van der Waals surface area contributed by atoms with Crippen molar-refractivity contribution in [2.75, 3.05) is 6.61 Å². The van der Waals surface area contributed by atoms with E-state index in [4.69, 9.17) is 14.6 Å². The van der Waals surface area contributed by atoms with Crippen LogP contribution in [0.15, 0.2) is 24.3 Å². The van der Waals surface area contributed by atoms with E-state index in [-0.39, 0.29) is 5.75 Å². The van der Waals surface area contributed by atoms with Gasteiger partial charge in [-0.25, -0.2) is 0 Å². The van der Waals surface area contributed by atoms with Gasteiger partial charge in [-0.05, 0) is 17.7 Å². The molecule has 5 N–H and O–H groups in total. The molecule has 0 aromatic heterocycles. The smallest absolute Gasteiger partial charge is 0.188 e. The Labute approximate surface area is 126 Å². The van der Waals surface area contributed by atoms with Gasteiger partial charge in [0.25, 0.3) is 0 Å². The number of phenolic OH excluding ortho intramolecular Hbond substituents is 1. The first kappa shape index (κ1) is 16.6. The average molecular weight is 311 g/mol. The van der Waals surface area contributed by atoms with Crippen LogP contribution in [0.5, 0.6) is 5.75 Å². The summed E-state index contributed by atoms with van der Waals surface area (Å²) in [5.41, 5.74) is 0.333. The van der Waals surface area contributed by atoms with Crippen molar-refractivity contribution in [2.45, 2.75) is 36.8 Å². The summed E-state index contributed by atoms with van der Waals surface area (Å²) in [5, 5.41) is 56.9. The SMILES string of the molecule is N#C[C@H](O[C@@H]1O[C@H](CO)[C@@H](O)[C@H](O)[C@H]1O)c1cccc(O)c1. The molecule has 1 aromatic rings. The maximum atomic E-state index is 9.87. The van der Waals surface area contributed by atoms with E-state index in [2.05, 4.69) is 0 Å². The number of hydrogen-bond acceptors (Lipinski definition) is 8. The number of rotatable bonds is 4. The average Bonchev–Trinajstić information content (AvgIpc) is 2.52. The van der Waals surface area contributed by atoms with Crippen LogP contribution in [0.3, 0.4) is 0 Å². The Morgan fingerprint density at radius 1 is 1.23 bits per heavy atom. The summed E-state index contributed by atoms with van der Waals surface area (Å²) in [6.45, 7) is -0.589. The number of aliphatic hydroxyl groups is 4. The fourth-order valence-electron chi connectivity index (χ4n) is 2.19. The van der Waals surface area contributed by atoms with Crippen LogP contribution in [0, 0.1) is 11.3 Å². The van der Waals surface area contributed by atoms with Crippen molar-refractivity contribution >= 4 is 0 Å². The summed E-state index contributed by atoms with van der Waals surface area (Å²) in [5.74, 6) is -0.0600. The summed E-state index contributed by atoms with van der Waals surface area (Å²) in [4.78, 5) is 0. The number of aromatic hydroxyl groups is 1. The molecule has 2 rings (SSSR count). The molecule has 8 heteroatoms. The highest BCUT2D eigenvalue weighted by Crippen LogP contribution is 2.28. The van der Waals surface area contributed by atoms with Crippen molar-refractivity contribution in [3.8, 4) is 11.8 Å². The molecular formula is C14H17NO7. The monoisotopic (exact) mass is 311 g/mol. The summed E-state index contributed by atoms with van der Waals surface area (Å²) in [7, 11) is 0. The highest BCUT2D eigenvalue weighted by atomic mass is 16.7. The largest absolute Gasteiger partial charge is 0.508 e. The van der Waals surface area contributed by atoms with Crippen molar-refractivity contribution in [3.05, 3.63) is 29.8 Å². The second-order valence-electron chi connectivity index (χ2n) is 4.94. The topological polar surface area (TPSA) is 143 Å². The number of aliphatic hydroxyl groups excluding tert-OH is 4. The lowest BCUT2D eigenvalue weighted by molar-refractivity contribution is -0.307. The molecule has 6 atom stereocenters. The number of ether oxygens (including phenoxy) is 2. The van der Waals surface area contributed by atoms with E-state index in [9.17, 15) is 25.7 Å². The Kier molecular flexibility index (Phi) is 5.31. The fourth-order valence-corrected chi connectivity index (χ4v) is 2.19. The van der Waals surface area contributed by atoms with Crippen molar-refractivity contribution in [2.24, 2.45) is 0 Å². The van der Waals surface area contributed by atoms with Crippen LogP contribution in [0.4, 0.5) is 0 Å². The first-order valence-electron chi connectivity index (χ1n) is 6.62. The van der Waals surface area contributed by atoms with E-state index in [1.54, 1.807) is 0 Å². The van der Waals surface area contributed by atoms with Gasteiger partial charge in [-0.15, -0.1) is 0 Å². The standard InChI is InChI=1S/C14H17NO7/c15-5-9(7-2-1-3-8(17)4-7)21-14-13(20)12(19)11(18)10(6-16)22-14/h1-4,9-14,16-20H,6H2/t9-,10+,11+,12-,13+,14+/m0/s1. The molecule has 0 radical (unpaired) electrons. The van der Waals surface area contributed by atoms with Gasteiger partial charge in [0.2, 0.25) is 0 Å². The number of benzene rings is 1. The van der Waals surface area contributed by atoms with Gasteiger partial charge >= 0.3 is 0 Å². The zero-order valence-electron chi connectivity index (χ0n) is 11.5. The van der Waals surface area contributed by atoms with Crippen LogP contribution >= 0.6 is 0 Å². The molecule has 120 valence electrons. The van der Waals surface area contributed by atoms with Gasteiger partial charge in [-0.1, -0.05) is 12.1 Å². The Bertz CT molecular complexity index is 544. The van der Waals surface area contributed by atoms with E-state index in [0.29, 0.717) is 5.56 Å². The van der Waals surface area contributed by atoms with Gasteiger partial charge < -0.3 is 35.0 Å². The molecule has 1 aromatic carbocycles. The second-order valence-corrected chi connectivity index (χ2v) is 4.94. The van der Waals surface area contributed by atoms with E-state index in [1.807, 2.05) is 6.07 Å². The number of hydrogen-bond donors (Lipinski definition) is 5. The summed E-state index contributed by atoms with van der Waals surface area (Å²) < 4.78 is 10.5. The first-order valence-corrected chi connectivity index (χ1v) is 6.62. The van der Waals surface area contributed by atoms with Crippen LogP contribution in [-0.4, -0.2) is 62.8 Å². The molecule has 1 fully saturated rings. The van der Waals surface area contributed by atoms with Gasteiger partial charge in [0.1, 0.15) is 30.2 Å². The van der Waals surface area contributed by atoms with Crippen molar-refractivity contribution in [1.82, 2.24) is 0 Å². The van der Waals surface area contributed by atoms with Crippen LogP contribution in [0.1, 0.15) is 11.7 Å². The van der Waals surface area contributed by atoms with Crippen molar-refractivity contribution < 1.29 is 35.0 Å². The van der Waals surface area contributed by atoms with Gasteiger partial charge in [-0.2, -0.15) is 5.26 Å². The predicted octanol–water partition coefficient (Wildman–Crippen LogP) is -1.23. The minimum absolute atomic E-state index is 0.0600. The molecule has 8 nitrogen and oxygen atoms in total. The number of nitriles is 1. The van der Waals surface area contributed by atoms with Gasteiger partial charge in [0.05, 0.1) is 12.7 Å². The highest BCUT2D eigenvalue weighted by Gasteiger charge is 2.45. The quantitative estimate of drug-likeness (QED) is 0.465. The normalized spacial score (nSPS) is 33.1. The molecule has 0 unspecified atom stereocenters. The van der Waals surface area contributed by atoms with Crippen molar-refractivity contribution in [3.63, 3.8) is 0 Å². The lowest BCUT2D eigenvalue weighted by Crippen LogP contribution is -2.59. The van der Waals surface area contributed by atoms with Crippen LogP contribution in [0.2, 0.25) is 0 Å². The summed E-state index contributed by atoms with van der Waals surface area (Å²) in [6, 6.07) is 7.64. The second kappa shape index (κ2) is 7.02. The Morgan fingerprint density at radius 2 is 1.95 bits per heavy atom. The molecular weight excluding hydrogens is 294 g/mol. The molecule has 0 aliphatic carbocycles. The van der Waals surface area contributed by atoms with Crippen LogP contribution in [0.25, 0.3) is 0 Å². The summed E-state index contributed by atoms with van der Waals surface area (Å²) in [6.07, 6.45) is -8.38. The maximum absolute atomic E-state index is 9.87. The van der Waals surface area contributed by atoms with E-state index < -0.39 is 43.4 Å². The van der Waals surface area contributed by atoms with Crippen LogP contribution in [-0.2, 0) is 9.47 Å². The van der Waals surface area contributed by atoms with Gasteiger partial charge in [-0.3, -0.25) is 0 Å². The van der Waals surface area contributed by atoms with Gasteiger partial charge in [0.15, 0.2) is 12.4 Å². The van der Waals surface area contributed by atoms with E-state index >= 15 is 0 Å². The van der Waals surface area contributed by atoms with E-state index in [0.717, 1.165) is 0 Å². The molecule has 0 amide bonds. The molecule has 0 saturated carbocycles. The predicted molar refractivity (Wildman–Crippen MR) is 71.3 cm³/mol. The molecule has 0 spiro atoms. The van der Waals surface area contributed by atoms with Crippen LogP contribution < -0.4 is 0 Å². The molecule has 1 aliphatic rings. The third-order valence-corrected chi connectivity index (χ3v) is 3.41. The highest BCUT2D eigenvalue weighted by molar-refractivity contribution is 5.31. The molecule has 1 heterocycles. The number of nitrogens with zero attached hydrogens (tertiary/aromatic N) is 1. The lowest BCUT2D eigenvalue weighted by Gasteiger charge is -2.40. The Balaban J connectivity index is 2.15. The third kappa shape index (κ3) is 3.36. The zero-order valence-corrected chi connectivity index (χ0v) is 11.5. The minimum Gasteiger partial charge on any atom is -0.508 e. The number of phenols is 1. The Hall–Kier alpha value is -1.73.